The summed E-state index contributed by atoms with van der Waals surface area (Å²) in [4.78, 5) is 25.4. The van der Waals surface area contributed by atoms with Crippen molar-refractivity contribution in [3.8, 4) is 0 Å². The molecule has 184 valence electrons. The molecule has 34 heavy (non-hydrogen) atoms. The average molecular weight is 463 g/mol. The van der Waals surface area contributed by atoms with Crippen molar-refractivity contribution in [3.05, 3.63) is 59.4 Å². The molecule has 1 saturated heterocycles. The summed E-state index contributed by atoms with van der Waals surface area (Å²) < 4.78 is 0. The number of amides is 2. The molecule has 0 saturated carbocycles. The molecule has 5 nitrogen and oxygen atoms in total. The molecule has 2 amide bonds. The van der Waals surface area contributed by atoms with Crippen LogP contribution in [0.4, 0.5) is 10.5 Å². The Labute approximate surface area is 206 Å². The quantitative estimate of drug-likeness (QED) is 0.528. The number of rotatable bonds is 6. The fourth-order valence-corrected chi connectivity index (χ4v) is 5.39. The van der Waals surface area contributed by atoms with Gasteiger partial charge in [-0.2, -0.15) is 0 Å². The van der Waals surface area contributed by atoms with Crippen molar-refractivity contribution >= 4 is 11.7 Å². The number of hydrogen-bond donors (Lipinski definition) is 0. The molecule has 0 spiro atoms. The van der Waals surface area contributed by atoms with Gasteiger partial charge in [-0.25, -0.2) is 4.79 Å². The highest BCUT2D eigenvalue weighted by molar-refractivity contribution is 5.94. The number of likely N-dealkylation sites (tertiary alicyclic amines) is 1. The van der Waals surface area contributed by atoms with Crippen LogP contribution in [0.1, 0.15) is 70.3 Å². The Morgan fingerprint density at radius 3 is 2.65 bits per heavy atom. The van der Waals surface area contributed by atoms with Gasteiger partial charge in [0.05, 0.1) is 11.4 Å². The first-order chi connectivity index (χ1) is 16.2. The maximum absolute atomic E-state index is 13.9. The van der Waals surface area contributed by atoms with Gasteiger partial charge in [0, 0.05) is 43.3 Å². The number of hydrogen-bond acceptors (Lipinski definition) is 3. The molecule has 5 heteroatoms. The third kappa shape index (κ3) is 5.63. The van der Waals surface area contributed by atoms with Crippen LogP contribution in [-0.2, 0) is 12.0 Å². The molecule has 0 aliphatic carbocycles. The molecule has 0 radical (unpaired) electrons. The Bertz CT molecular complexity index is 971. The Balaban J connectivity index is 1.53. The van der Waals surface area contributed by atoms with E-state index in [4.69, 9.17) is 4.98 Å². The summed E-state index contributed by atoms with van der Waals surface area (Å²) in [6, 6.07) is 15.4. The monoisotopic (exact) mass is 462 g/mol. The normalized spacial score (nSPS) is 20.0. The zero-order chi connectivity index (χ0) is 24.3. The van der Waals surface area contributed by atoms with Crippen LogP contribution in [0.3, 0.4) is 0 Å². The number of anilines is 1. The maximum atomic E-state index is 13.9. The predicted molar refractivity (Wildman–Crippen MR) is 140 cm³/mol. The lowest BCUT2D eigenvalue weighted by Crippen LogP contribution is -2.50. The maximum Gasteiger partial charge on any atom is 0.324 e. The number of benzene rings is 1. The first-order valence-electron chi connectivity index (χ1n) is 13.1. The SMILES string of the molecule is Cc1ccc2c(n1)C(C)(C)CN2C(=O)N1CCCCC(N(CCC(C)C)Cc2ccccc2)C1. The fourth-order valence-electron chi connectivity index (χ4n) is 5.39. The van der Waals surface area contributed by atoms with Crippen LogP contribution in [0.2, 0.25) is 0 Å². The molecule has 2 aliphatic heterocycles. The largest absolute Gasteiger partial charge is 0.324 e. The van der Waals surface area contributed by atoms with Gasteiger partial charge in [-0.15, -0.1) is 0 Å². The highest BCUT2D eigenvalue weighted by Crippen LogP contribution is 2.40. The summed E-state index contributed by atoms with van der Waals surface area (Å²) in [6.07, 6.45) is 4.57. The minimum absolute atomic E-state index is 0.126. The number of pyridine rings is 1. The molecule has 3 heterocycles. The number of urea groups is 1. The second-order valence-electron chi connectivity index (χ2n) is 11.3. The number of carbonyl (C=O) groups is 1. The minimum atomic E-state index is -0.126. The van der Waals surface area contributed by atoms with Gasteiger partial charge in [0.25, 0.3) is 0 Å². The van der Waals surface area contributed by atoms with E-state index in [9.17, 15) is 4.79 Å². The third-order valence-electron chi connectivity index (χ3n) is 7.38. The topological polar surface area (TPSA) is 39.7 Å². The number of aromatic nitrogens is 1. The van der Waals surface area contributed by atoms with E-state index in [1.807, 2.05) is 17.9 Å². The molecule has 1 aromatic carbocycles. The Kier molecular flexibility index (Phi) is 7.61. The standard InChI is InChI=1S/C29H42N4O/c1-22(2)16-18-31(19-24-11-7-6-8-12-24)25-13-9-10-17-32(20-25)28(34)33-21-29(4,5)27-26(33)15-14-23(3)30-27/h6-8,11-12,14-15,22,25H,9-10,13,16-21H2,1-5H3. The Morgan fingerprint density at radius 2 is 1.91 bits per heavy atom. The van der Waals surface area contributed by atoms with Crippen molar-refractivity contribution in [3.63, 3.8) is 0 Å². The van der Waals surface area contributed by atoms with Crippen LogP contribution in [-0.4, -0.2) is 53.0 Å². The van der Waals surface area contributed by atoms with Crippen molar-refractivity contribution in [2.75, 3.05) is 31.1 Å². The van der Waals surface area contributed by atoms with Crippen molar-refractivity contribution in [2.45, 2.75) is 78.3 Å². The van der Waals surface area contributed by atoms with Gasteiger partial charge in [0.1, 0.15) is 0 Å². The number of carbonyl (C=O) groups excluding carboxylic acids is 1. The van der Waals surface area contributed by atoms with Crippen LogP contribution in [0.25, 0.3) is 0 Å². The van der Waals surface area contributed by atoms with E-state index in [2.05, 4.69) is 73.9 Å². The number of fused-ring (bicyclic) bond motifs is 1. The van der Waals surface area contributed by atoms with E-state index in [1.165, 1.54) is 18.4 Å². The second kappa shape index (κ2) is 10.5. The molecule has 1 fully saturated rings. The number of nitrogens with zero attached hydrogens (tertiary/aromatic N) is 4. The molecule has 0 bridgehead atoms. The summed E-state index contributed by atoms with van der Waals surface area (Å²) >= 11 is 0. The van der Waals surface area contributed by atoms with Gasteiger partial charge in [0.15, 0.2) is 0 Å². The molecule has 2 aromatic rings. The van der Waals surface area contributed by atoms with Gasteiger partial charge in [0.2, 0.25) is 0 Å². The van der Waals surface area contributed by atoms with Crippen molar-refractivity contribution < 1.29 is 4.79 Å². The fraction of sp³-hybridized carbons (Fsp3) is 0.586. The lowest BCUT2D eigenvalue weighted by Gasteiger charge is -2.36. The minimum Gasteiger partial charge on any atom is -0.323 e. The second-order valence-corrected chi connectivity index (χ2v) is 11.3. The van der Waals surface area contributed by atoms with Gasteiger partial charge < -0.3 is 4.90 Å². The molecular weight excluding hydrogens is 420 g/mol. The Hall–Kier alpha value is -2.40. The summed E-state index contributed by atoms with van der Waals surface area (Å²) in [5.41, 5.74) is 4.28. The van der Waals surface area contributed by atoms with Crippen LogP contribution < -0.4 is 4.90 Å². The molecule has 1 unspecified atom stereocenters. The first kappa shape index (κ1) is 24.7. The predicted octanol–water partition coefficient (Wildman–Crippen LogP) is 6.01. The van der Waals surface area contributed by atoms with E-state index in [0.717, 1.165) is 56.1 Å². The van der Waals surface area contributed by atoms with Crippen molar-refractivity contribution in [2.24, 2.45) is 5.92 Å². The molecule has 1 aromatic heterocycles. The van der Waals surface area contributed by atoms with E-state index in [-0.39, 0.29) is 11.4 Å². The van der Waals surface area contributed by atoms with Gasteiger partial charge in [-0.1, -0.05) is 64.4 Å². The van der Waals surface area contributed by atoms with E-state index in [1.54, 1.807) is 0 Å². The number of aryl methyl sites for hydroxylation is 1. The molecule has 0 N–H and O–H groups in total. The van der Waals surface area contributed by atoms with Gasteiger partial charge in [-0.3, -0.25) is 14.8 Å². The third-order valence-corrected chi connectivity index (χ3v) is 7.38. The van der Waals surface area contributed by atoms with Crippen LogP contribution >= 0.6 is 0 Å². The lowest BCUT2D eigenvalue weighted by atomic mass is 9.91. The van der Waals surface area contributed by atoms with Crippen molar-refractivity contribution in [1.82, 2.24) is 14.8 Å². The summed E-state index contributed by atoms with van der Waals surface area (Å²) in [6.45, 7) is 15.4. The Morgan fingerprint density at radius 1 is 1.15 bits per heavy atom. The molecular formula is C29H42N4O. The molecule has 4 rings (SSSR count). The summed E-state index contributed by atoms with van der Waals surface area (Å²) in [5, 5.41) is 0. The van der Waals surface area contributed by atoms with Crippen LogP contribution in [0, 0.1) is 12.8 Å². The highest BCUT2D eigenvalue weighted by atomic mass is 16.2. The smallest absolute Gasteiger partial charge is 0.323 e. The van der Waals surface area contributed by atoms with E-state index < -0.39 is 0 Å². The zero-order valence-electron chi connectivity index (χ0n) is 21.8. The summed E-state index contributed by atoms with van der Waals surface area (Å²) in [5.74, 6) is 0.668. The summed E-state index contributed by atoms with van der Waals surface area (Å²) in [7, 11) is 0. The van der Waals surface area contributed by atoms with Crippen LogP contribution in [0.5, 0.6) is 0 Å². The molecule has 2 aliphatic rings. The average Bonchev–Trinajstić information content (AvgIpc) is 2.95. The first-order valence-corrected chi connectivity index (χ1v) is 13.1. The van der Waals surface area contributed by atoms with E-state index >= 15 is 0 Å². The highest BCUT2D eigenvalue weighted by Gasteiger charge is 2.41. The molecule has 1 atom stereocenters. The van der Waals surface area contributed by atoms with Gasteiger partial charge >= 0.3 is 6.03 Å². The van der Waals surface area contributed by atoms with Gasteiger partial charge in [-0.05, 0) is 56.3 Å². The lowest BCUT2D eigenvalue weighted by molar-refractivity contribution is 0.138. The van der Waals surface area contributed by atoms with Crippen LogP contribution in [0.15, 0.2) is 42.5 Å². The zero-order valence-corrected chi connectivity index (χ0v) is 21.8. The van der Waals surface area contributed by atoms with E-state index in [0.29, 0.717) is 18.5 Å². The van der Waals surface area contributed by atoms with Crippen molar-refractivity contribution in [1.29, 1.82) is 0 Å².